The summed E-state index contributed by atoms with van der Waals surface area (Å²) in [6, 6.07) is 13.0. The van der Waals surface area contributed by atoms with Gasteiger partial charge in [-0.15, -0.1) is 0 Å². The molecule has 0 radical (unpaired) electrons. The van der Waals surface area contributed by atoms with Crippen LogP contribution in [0.2, 0.25) is 0 Å². The molecule has 1 aromatic heterocycles. The zero-order chi connectivity index (χ0) is 24.6. The van der Waals surface area contributed by atoms with Crippen LogP contribution in [0.15, 0.2) is 47.4 Å². The number of aryl methyl sites for hydroxylation is 1. The first-order valence-corrected chi connectivity index (χ1v) is 14.1. The van der Waals surface area contributed by atoms with Crippen molar-refractivity contribution in [3.8, 4) is 0 Å². The molecule has 0 N–H and O–H groups in total. The first kappa shape index (κ1) is 24.0. The van der Waals surface area contributed by atoms with Crippen LogP contribution in [0, 0.1) is 0 Å². The molecule has 186 valence electrons. The summed E-state index contributed by atoms with van der Waals surface area (Å²) >= 11 is 0. The Labute approximate surface area is 207 Å². The summed E-state index contributed by atoms with van der Waals surface area (Å²) in [6.45, 7) is 1.75. The molecule has 1 amide bonds. The Balaban J connectivity index is 1.33. The fourth-order valence-corrected chi connectivity index (χ4v) is 6.56. The van der Waals surface area contributed by atoms with Crippen LogP contribution >= 0.6 is 0 Å². The van der Waals surface area contributed by atoms with Crippen molar-refractivity contribution in [3.63, 3.8) is 0 Å². The Morgan fingerprint density at radius 2 is 1.69 bits per heavy atom. The first-order chi connectivity index (χ1) is 16.8. The van der Waals surface area contributed by atoms with Crippen LogP contribution in [0.5, 0.6) is 0 Å². The lowest BCUT2D eigenvalue weighted by molar-refractivity contribution is 0.0793. The van der Waals surface area contributed by atoms with Crippen LogP contribution in [0.3, 0.4) is 0 Å². The molecule has 0 bridgehead atoms. The van der Waals surface area contributed by atoms with Crippen molar-refractivity contribution in [2.75, 3.05) is 20.1 Å². The molecule has 7 nitrogen and oxygen atoms in total. The lowest BCUT2D eigenvalue weighted by atomic mass is 9.84. The van der Waals surface area contributed by atoms with Crippen LogP contribution in [0.25, 0.3) is 11.0 Å². The Bertz CT molecular complexity index is 1320. The number of aromatic nitrogens is 2. The summed E-state index contributed by atoms with van der Waals surface area (Å²) in [5.74, 6) is 1.21. The molecule has 0 atom stereocenters. The number of hydrogen-bond acceptors (Lipinski definition) is 4. The van der Waals surface area contributed by atoms with Crippen molar-refractivity contribution >= 4 is 27.0 Å². The van der Waals surface area contributed by atoms with E-state index in [1.165, 1.54) is 42.0 Å². The predicted molar refractivity (Wildman–Crippen MR) is 137 cm³/mol. The molecule has 1 saturated heterocycles. The average molecular weight is 495 g/mol. The number of carbonyl (C=O) groups excluding carboxylic acids is 1. The van der Waals surface area contributed by atoms with Crippen molar-refractivity contribution in [1.82, 2.24) is 18.8 Å². The number of imidazole rings is 1. The van der Waals surface area contributed by atoms with Crippen LogP contribution in [-0.4, -0.2) is 53.2 Å². The van der Waals surface area contributed by atoms with Crippen molar-refractivity contribution in [3.05, 3.63) is 59.4 Å². The summed E-state index contributed by atoms with van der Waals surface area (Å²) in [4.78, 5) is 19.7. The van der Waals surface area contributed by atoms with Crippen molar-refractivity contribution < 1.29 is 13.2 Å². The van der Waals surface area contributed by atoms with Gasteiger partial charge in [0, 0.05) is 32.7 Å². The van der Waals surface area contributed by atoms with Gasteiger partial charge in [0.15, 0.2) is 0 Å². The van der Waals surface area contributed by atoms with E-state index in [2.05, 4.69) is 0 Å². The second-order valence-electron chi connectivity index (χ2n) is 9.95. The third-order valence-electron chi connectivity index (χ3n) is 7.64. The summed E-state index contributed by atoms with van der Waals surface area (Å²) in [5.41, 5.74) is 3.44. The zero-order valence-corrected chi connectivity index (χ0v) is 21.4. The van der Waals surface area contributed by atoms with E-state index in [1.807, 2.05) is 46.8 Å². The molecule has 3 aromatic rings. The number of rotatable bonds is 6. The second-order valence-corrected chi connectivity index (χ2v) is 12.0. The molecule has 2 aromatic carbocycles. The lowest BCUT2D eigenvalue weighted by Crippen LogP contribution is -2.27. The van der Waals surface area contributed by atoms with E-state index in [0.717, 1.165) is 31.4 Å². The van der Waals surface area contributed by atoms with Gasteiger partial charge in [-0.2, -0.15) is 4.31 Å². The minimum Gasteiger partial charge on any atom is -0.339 e. The number of sulfonamides is 1. The maximum absolute atomic E-state index is 13.3. The van der Waals surface area contributed by atoms with E-state index in [1.54, 1.807) is 19.2 Å². The summed E-state index contributed by atoms with van der Waals surface area (Å²) < 4.78 is 29.8. The molecule has 8 heteroatoms. The van der Waals surface area contributed by atoms with E-state index in [0.29, 0.717) is 27.7 Å². The standard InChI is InChI=1S/C27H34N4O3S/c1-29(35(33,34)23-13-10-21(11-14-23)20-8-4-3-5-9-20)19-26-28-24-18-22(12-15-25(24)30(26)2)27(32)31-16-6-7-17-31/h10-15,18,20H,3-9,16-17,19H2,1-2H3. The second kappa shape index (κ2) is 9.74. The SMILES string of the molecule is CN(Cc1nc2cc(C(=O)N3CCCC3)ccc2n1C)S(=O)(=O)c1ccc(C2CCCCC2)cc1. The quantitative estimate of drug-likeness (QED) is 0.499. The largest absolute Gasteiger partial charge is 0.339 e. The smallest absolute Gasteiger partial charge is 0.253 e. The van der Waals surface area contributed by atoms with Gasteiger partial charge < -0.3 is 9.47 Å². The third-order valence-corrected chi connectivity index (χ3v) is 9.46. The zero-order valence-electron chi connectivity index (χ0n) is 20.6. The van der Waals surface area contributed by atoms with Crippen LogP contribution in [-0.2, 0) is 23.6 Å². The minimum atomic E-state index is -3.65. The molecule has 2 heterocycles. The topological polar surface area (TPSA) is 75.5 Å². The van der Waals surface area contributed by atoms with Gasteiger partial charge >= 0.3 is 0 Å². The molecule has 5 rings (SSSR count). The number of carbonyl (C=O) groups is 1. The first-order valence-electron chi connectivity index (χ1n) is 12.7. The number of nitrogens with zero attached hydrogens (tertiary/aromatic N) is 4. The maximum Gasteiger partial charge on any atom is 0.253 e. The molecular formula is C27H34N4O3S. The van der Waals surface area contributed by atoms with Gasteiger partial charge in [-0.3, -0.25) is 4.79 Å². The van der Waals surface area contributed by atoms with E-state index in [4.69, 9.17) is 4.98 Å². The highest BCUT2D eigenvalue weighted by Crippen LogP contribution is 2.33. The van der Waals surface area contributed by atoms with Crippen molar-refractivity contribution in [1.29, 1.82) is 0 Å². The Hall–Kier alpha value is -2.71. The molecule has 1 saturated carbocycles. The molecule has 35 heavy (non-hydrogen) atoms. The van der Waals surface area contributed by atoms with Crippen LogP contribution in [0.1, 0.15) is 72.6 Å². The third kappa shape index (κ3) is 4.74. The number of amides is 1. The summed E-state index contributed by atoms with van der Waals surface area (Å²) in [7, 11) is -0.182. The molecule has 1 aliphatic carbocycles. The maximum atomic E-state index is 13.3. The minimum absolute atomic E-state index is 0.0352. The van der Waals surface area contributed by atoms with Gasteiger partial charge in [-0.05, 0) is 67.5 Å². The monoisotopic (exact) mass is 494 g/mol. The van der Waals surface area contributed by atoms with Gasteiger partial charge in [0.2, 0.25) is 10.0 Å². The molecule has 0 spiro atoms. The van der Waals surface area contributed by atoms with E-state index in [9.17, 15) is 13.2 Å². The predicted octanol–water partition coefficient (Wildman–Crippen LogP) is 4.68. The van der Waals surface area contributed by atoms with Crippen molar-refractivity contribution in [2.24, 2.45) is 7.05 Å². The fraction of sp³-hybridized carbons (Fsp3) is 0.481. The Morgan fingerprint density at radius 3 is 2.37 bits per heavy atom. The Morgan fingerprint density at radius 1 is 1.00 bits per heavy atom. The van der Waals surface area contributed by atoms with Gasteiger partial charge in [0.05, 0.1) is 22.5 Å². The van der Waals surface area contributed by atoms with Crippen molar-refractivity contribution in [2.45, 2.75) is 62.3 Å². The number of hydrogen-bond donors (Lipinski definition) is 0. The number of likely N-dealkylation sites (tertiary alicyclic amines) is 1. The van der Waals surface area contributed by atoms with Gasteiger partial charge in [0.1, 0.15) is 5.82 Å². The van der Waals surface area contributed by atoms with Crippen LogP contribution < -0.4 is 0 Å². The molecule has 1 aliphatic heterocycles. The molecular weight excluding hydrogens is 460 g/mol. The number of benzene rings is 2. The Kier molecular flexibility index (Phi) is 6.68. The average Bonchev–Trinajstić information content (AvgIpc) is 3.52. The summed E-state index contributed by atoms with van der Waals surface area (Å²) in [6.07, 6.45) is 8.26. The van der Waals surface area contributed by atoms with E-state index < -0.39 is 10.0 Å². The van der Waals surface area contributed by atoms with Gasteiger partial charge in [-0.25, -0.2) is 13.4 Å². The normalized spacial score (nSPS) is 17.5. The fourth-order valence-electron chi connectivity index (χ4n) is 5.44. The van der Waals surface area contributed by atoms with Crippen LogP contribution in [0.4, 0.5) is 0 Å². The lowest BCUT2D eigenvalue weighted by Gasteiger charge is -2.22. The van der Waals surface area contributed by atoms with Gasteiger partial charge in [-0.1, -0.05) is 31.4 Å². The van der Waals surface area contributed by atoms with E-state index >= 15 is 0 Å². The highest BCUT2D eigenvalue weighted by molar-refractivity contribution is 7.89. The highest BCUT2D eigenvalue weighted by Gasteiger charge is 2.25. The summed E-state index contributed by atoms with van der Waals surface area (Å²) in [5, 5.41) is 0. The number of fused-ring (bicyclic) bond motifs is 1. The molecule has 2 fully saturated rings. The van der Waals surface area contributed by atoms with E-state index in [-0.39, 0.29) is 12.5 Å². The molecule has 2 aliphatic rings. The van der Waals surface area contributed by atoms with Gasteiger partial charge in [0.25, 0.3) is 5.91 Å². The highest BCUT2D eigenvalue weighted by atomic mass is 32.2. The molecule has 0 unspecified atom stereocenters.